The number of fused-ring (bicyclic) bond motifs is 1. The van der Waals surface area contributed by atoms with E-state index in [-0.39, 0.29) is 12.4 Å². The van der Waals surface area contributed by atoms with Crippen LogP contribution in [-0.4, -0.2) is 12.6 Å². The van der Waals surface area contributed by atoms with Gasteiger partial charge in [0.1, 0.15) is 17.1 Å². The lowest BCUT2D eigenvalue weighted by Gasteiger charge is -2.12. The minimum Gasteiger partial charge on any atom is -0.481 e. The molecule has 2 aromatic carbocycles. The van der Waals surface area contributed by atoms with Crippen LogP contribution >= 0.6 is 11.6 Å². The highest BCUT2D eigenvalue weighted by Gasteiger charge is 2.12. The van der Waals surface area contributed by atoms with Crippen LogP contribution in [0.5, 0.6) is 11.5 Å². The van der Waals surface area contributed by atoms with Gasteiger partial charge in [0.2, 0.25) is 0 Å². The molecule has 0 aliphatic rings. The first-order valence-corrected chi connectivity index (χ1v) is 8.36. The quantitative estimate of drug-likeness (QED) is 0.387. The molecule has 3 aromatic rings. The molecule has 0 aliphatic carbocycles. The monoisotopic (exact) mass is 372 g/mol. The Labute approximate surface area is 155 Å². The largest absolute Gasteiger partial charge is 0.481 e. The molecule has 0 bridgehead atoms. The van der Waals surface area contributed by atoms with E-state index in [0.717, 1.165) is 22.1 Å². The van der Waals surface area contributed by atoms with Crippen molar-refractivity contribution in [2.45, 2.75) is 20.8 Å². The summed E-state index contributed by atoms with van der Waals surface area (Å²) in [5.74, 6) is 0.323. The number of rotatable bonds is 4. The molecule has 0 radical (unpaired) electrons. The number of aryl methyl sites for hydroxylation is 3. The topological polar surface area (TPSA) is 65.7 Å². The molecule has 0 unspecified atom stereocenters. The van der Waals surface area contributed by atoms with Crippen LogP contribution in [-0.2, 0) is 4.79 Å². The lowest BCUT2D eigenvalue weighted by molar-refractivity contribution is -0.136. The van der Waals surface area contributed by atoms with Crippen molar-refractivity contribution in [3.63, 3.8) is 0 Å². The van der Waals surface area contributed by atoms with E-state index in [1.807, 2.05) is 20.8 Å². The summed E-state index contributed by atoms with van der Waals surface area (Å²) >= 11 is 5.98. The van der Waals surface area contributed by atoms with Crippen molar-refractivity contribution >= 4 is 28.5 Å². The summed E-state index contributed by atoms with van der Waals surface area (Å²) in [6, 6.07) is 9.85. The third-order valence-corrected chi connectivity index (χ3v) is 4.13. The van der Waals surface area contributed by atoms with E-state index >= 15 is 0 Å². The molecule has 0 aliphatic heterocycles. The second kappa shape index (κ2) is 7.22. The van der Waals surface area contributed by atoms with Gasteiger partial charge in [0.05, 0.1) is 0 Å². The smallest absolute Gasteiger partial charge is 0.349 e. The number of halogens is 1. The Morgan fingerprint density at radius 2 is 1.73 bits per heavy atom. The molecular weight excluding hydrogens is 356 g/mol. The van der Waals surface area contributed by atoms with Gasteiger partial charge in [0.25, 0.3) is 0 Å². The van der Waals surface area contributed by atoms with Gasteiger partial charge in [-0.1, -0.05) is 11.6 Å². The van der Waals surface area contributed by atoms with Crippen molar-refractivity contribution in [1.82, 2.24) is 0 Å². The molecular formula is C20H17ClO5. The molecule has 1 heterocycles. The maximum absolute atomic E-state index is 12.1. The van der Waals surface area contributed by atoms with Gasteiger partial charge in [-0.3, -0.25) is 0 Å². The van der Waals surface area contributed by atoms with Gasteiger partial charge in [-0.25, -0.2) is 9.59 Å². The van der Waals surface area contributed by atoms with Crippen LogP contribution in [0.1, 0.15) is 16.7 Å². The molecule has 1 aromatic heterocycles. The summed E-state index contributed by atoms with van der Waals surface area (Å²) in [7, 11) is 0. The van der Waals surface area contributed by atoms with Gasteiger partial charge in [0.15, 0.2) is 6.61 Å². The van der Waals surface area contributed by atoms with Gasteiger partial charge < -0.3 is 13.9 Å². The Bertz CT molecular complexity index is 1030. The molecule has 0 saturated carbocycles. The summed E-state index contributed by atoms with van der Waals surface area (Å²) in [5, 5.41) is 1.40. The lowest BCUT2D eigenvalue weighted by Crippen LogP contribution is -2.18. The Kier molecular flexibility index (Phi) is 5.00. The van der Waals surface area contributed by atoms with Crippen LogP contribution in [0, 0.1) is 20.8 Å². The fourth-order valence-electron chi connectivity index (χ4n) is 2.79. The zero-order valence-corrected chi connectivity index (χ0v) is 15.3. The summed E-state index contributed by atoms with van der Waals surface area (Å²) in [6.07, 6.45) is 0. The number of carbonyl (C=O) groups excluding carboxylic acids is 1. The first-order valence-electron chi connectivity index (χ1n) is 7.98. The van der Waals surface area contributed by atoms with Crippen LogP contribution < -0.4 is 15.1 Å². The number of benzene rings is 2. The molecule has 5 nitrogen and oxygen atoms in total. The van der Waals surface area contributed by atoms with E-state index in [2.05, 4.69) is 0 Å². The first kappa shape index (κ1) is 18.0. The van der Waals surface area contributed by atoms with Gasteiger partial charge in [-0.05, 0) is 61.7 Å². The fourth-order valence-corrected chi connectivity index (χ4v) is 3.11. The molecule has 3 rings (SSSR count). The number of carbonyl (C=O) groups is 1. The number of hydrogen-bond donors (Lipinski definition) is 0. The Morgan fingerprint density at radius 3 is 2.42 bits per heavy atom. The molecule has 0 saturated heterocycles. The van der Waals surface area contributed by atoms with E-state index in [9.17, 15) is 9.59 Å². The van der Waals surface area contributed by atoms with Crippen molar-refractivity contribution in [3.8, 4) is 11.5 Å². The molecule has 0 amide bonds. The zero-order chi connectivity index (χ0) is 18.8. The zero-order valence-electron chi connectivity index (χ0n) is 14.6. The molecule has 0 spiro atoms. The minimum atomic E-state index is -0.562. The molecule has 0 N–H and O–H groups in total. The van der Waals surface area contributed by atoms with E-state index in [1.54, 1.807) is 24.3 Å². The van der Waals surface area contributed by atoms with Crippen LogP contribution in [0.2, 0.25) is 5.02 Å². The predicted molar refractivity (Wildman–Crippen MR) is 99.3 cm³/mol. The molecule has 0 atom stereocenters. The molecule has 134 valence electrons. The SMILES string of the molecule is Cc1cc(Cl)cc(C)c1OCC(=O)Oc1ccc2c(C)cc(=O)oc2c1. The molecule has 26 heavy (non-hydrogen) atoms. The number of ether oxygens (including phenoxy) is 2. The first-order chi connectivity index (χ1) is 12.3. The Hall–Kier alpha value is -2.79. The number of esters is 1. The van der Waals surface area contributed by atoms with Crippen LogP contribution in [0.4, 0.5) is 0 Å². The maximum atomic E-state index is 12.1. The summed E-state index contributed by atoms with van der Waals surface area (Å²) in [4.78, 5) is 23.6. The van der Waals surface area contributed by atoms with Gasteiger partial charge in [-0.15, -0.1) is 0 Å². The van der Waals surface area contributed by atoms with Crippen molar-refractivity contribution in [2.75, 3.05) is 6.61 Å². The van der Waals surface area contributed by atoms with Crippen molar-refractivity contribution < 1.29 is 18.7 Å². The van der Waals surface area contributed by atoms with Crippen LogP contribution in [0.15, 0.2) is 45.6 Å². The van der Waals surface area contributed by atoms with Crippen molar-refractivity contribution in [2.24, 2.45) is 0 Å². The number of hydrogen-bond acceptors (Lipinski definition) is 5. The van der Waals surface area contributed by atoms with Crippen molar-refractivity contribution in [1.29, 1.82) is 0 Å². The Balaban J connectivity index is 1.72. The fraction of sp³-hybridized carbons (Fsp3) is 0.200. The average molecular weight is 373 g/mol. The highest BCUT2D eigenvalue weighted by Crippen LogP contribution is 2.27. The second-order valence-corrected chi connectivity index (χ2v) is 6.47. The normalized spacial score (nSPS) is 10.8. The second-order valence-electron chi connectivity index (χ2n) is 6.04. The standard InChI is InChI=1S/C20H17ClO5/c1-11-8-18(22)26-17-9-15(4-5-16(11)17)25-19(23)10-24-20-12(2)6-14(21)7-13(20)3/h4-9H,10H2,1-3H3. The van der Waals surface area contributed by atoms with Gasteiger partial charge >= 0.3 is 11.6 Å². The van der Waals surface area contributed by atoms with E-state index in [1.165, 1.54) is 12.1 Å². The van der Waals surface area contributed by atoms with Crippen LogP contribution in [0.25, 0.3) is 11.0 Å². The summed E-state index contributed by atoms with van der Waals surface area (Å²) in [5.41, 5.74) is 2.39. The maximum Gasteiger partial charge on any atom is 0.349 e. The summed E-state index contributed by atoms with van der Waals surface area (Å²) < 4.78 is 16.0. The molecule has 0 fully saturated rings. The highest BCUT2D eigenvalue weighted by atomic mass is 35.5. The third-order valence-electron chi connectivity index (χ3n) is 3.91. The van der Waals surface area contributed by atoms with Gasteiger partial charge in [0, 0.05) is 22.5 Å². The summed E-state index contributed by atoms with van der Waals surface area (Å²) in [6.45, 7) is 5.27. The minimum absolute atomic E-state index is 0.251. The lowest BCUT2D eigenvalue weighted by atomic mass is 10.1. The van der Waals surface area contributed by atoms with E-state index in [0.29, 0.717) is 16.4 Å². The molecule has 6 heteroatoms. The highest BCUT2D eigenvalue weighted by molar-refractivity contribution is 6.30. The van der Waals surface area contributed by atoms with E-state index in [4.69, 9.17) is 25.5 Å². The van der Waals surface area contributed by atoms with E-state index < -0.39 is 11.6 Å². The van der Waals surface area contributed by atoms with Gasteiger partial charge in [-0.2, -0.15) is 0 Å². The average Bonchev–Trinajstić information content (AvgIpc) is 2.53. The Morgan fingerprint density at radius 1 is 1.04 bits per heavy atom. The van der Waals surface area contributed by atoms with Crippen LogP contribution in [0.3, 0.4) is 0 Å². The predicted octanol–water partition coefficient (Wildman–Crippen LogP) is 4.36. The van der Waals surface area contributed by atoms with Crippen molar-refractivity contribution in [3.05, 3.63) is 68.5 Å². The third kappa shape index (κ3) is 3.89.